The molecule has 0 bridgehead atoms. The molecule has 2 saturated heterocycles. The molecule has 12 heteroatoms. The van der Waals surface area contributed by atoms with Crippen LogP contribution >= 0.6 is 11.6 Å². The topological polar surface area (TPSA) is 137 Å². The lowest BCUT2D eigenvalue weighted by Gasteiger charge is -2.32. The van der Waals surface area contributed by atoms with Crippen molar-refractivity contribution in [1.82, 2.24) is 25.3 Å². The van der Waals surface area contributed by atoms with Crippen LogP contribution in [0.3, 0.4) is 0 Å². The summed E-state index contributed by atoms with van der Waals surface area (Å²) in [6.07, 6.45) is 5.89. The van der Waals surface area contributed by atoms with E-state index in [1.165, 1.54) is 11.1 Å². The highest BCUT2D eigenvalue weighted by molar-refractivity contribution is 6.30. The monoisotopic (exact) mass is 734 g/mol. The number of nitrogens with one attached hydrogen (secondary N) is 3. The number of aromatic amines is 1. The lowest BCUT2D eigenvalue weighted by Crippen LogP contribution is -2.52. The summed E-state index contributed by atoms with van der Waals surface area (Å²) >= 11 is 5.99. The van der Waals surface area contributed by atoms with Gasteiger partial charge < -0.3 is 15.0 Å². The van der Waals surface area contributed by atoms with Crippen molar-refractivity contribution < 1.29 is 23.9 Å². The Morgan fingerprint density at radius 1 is 0.887 bits per heavy atom. The minimum Gasteiger partial charge on any atom is -0.490 e. The third-order valence-electron chi connectivity index (χ3n) is 11.2. The van der Waals surface area contributed by atoms with Gasteiger partial charge in [-0.3, -0.25) is 34.5 Å². The van der Waals surface area contributed by atoms with Gasteiger partial charge in [0.25, 0.3) is 5.91 Å². The number of fused-ring (bicyclic) bond motifs is 1. The zero-order chi connectivity index (χ0) is 36.5. The van der Waals surface area contributed by atoms with E-state index in [4.69, 9.17) is 16.3 Å². The van der Waals surface area contributed by atoms with Gasteiger partial charge in [0.2, 0.25) is 17.7 Å². The van der Waals surface area contributed by atoms with Gasteiger partial charge in [0.15, 0.2) is 5.82 Å². The number of benzene rings is 3. The van der Waals surface area contributed by atoms with E-state index in [9.17, 15) is 19.2 Å². The van der Waals surface area contributed by atoms with Gasteiger partial charge in [-0.2, -0.15) is 5.10 Å². The fourth-order valence-corrected chi connectivity index (χ4v) is 8.44. The fourth-order valence-electron chi connectivity index (χ4n) is 8.31. The highest BCUT2D eigenvalue weighted by Gasteiger charge is 2.39. The maximum atomic E-state index is 13.1. The van der Waals surface area contributed by atoms with E-state index >= 15 is 0 Å². The molecule has 4 aliphatic rings. The van der Waals surface area contributed by atoms with Crippen LogP contribution in [-0.4, -0.2) is 68.9 Å². The van der Waals surface area contributed by atoms with Crippen molar-refractivity contribution in [2.45, 2.75) is 88.4 Å². The van der Waals surface area contributed by atoms with Crippen LogP contribution in [0.2, 0.25) is 5.02 Å². The average Bonchev–Trinajstić information content (AvgIpc) is 3.89. The molecule has 4 aromatic rings. The summed E-state index contributed by atoms with van der Waals surface area (Å²) in [4.78, 5) is 54.1. The van der Waals surface area contributed by atoms with E-state index in [0.29, 0.717) is 41.2 Å². The van der Waals surface area contributed by atoms with Crippen molar-refractivity contribution in [2.24, 2.45) is 0 Å². The van der Waals surface area contributed by atoms with E-state index in [1.54, 1.807) is 4.90 Å². The van der Waals surface area contributed by atoms with E-state index in [2.05, 4.69) is 50.0 Å². The number of carbonyl (C=O) groups excluding carboxylic acids is 4. The Morgan fingerprint density at radius 3 is 2.43 bits per heavy atom. The molecule has 1 aliphatic carbocycles. The summed E-state index contributed by atoms with van der Waals surface area (Å²) in [5.74, 6) is 1.17. The SMILES string of the molecule is O=C1CCC(N2Cc3cc(C4CCN(Cc5ccc(CC(=O)Nc6cc([C@H]7CC[C@@H](Oc8ccc(Cl)cc8)C7)[nH]n6)cc5)CC4)ccc3C2=O)C(=O)N1. The molecule has 1 unspecified atom stereocenters. The number of amides is 4. The van der Waals surface area contributed by atoms with Crippen LogP contribution in [0, 0.1) is 0 Å². The third-order valence-corrected chi connectivity index (χ3v) is 11.5. The smallest absolute Gasteiger partial charge is 0.255 e. The lowest BCUT2D eigenvalue weighted by molar-refractivity contribution is -0.137. The molecule has 4 heterocycles. The number of rotatable bonds is 10. The maximum Gasteiger partial charge on any atom is 0.255 e. The molecule has 4 amide bonds. The number of H-pyrrole nitrogens is 1. The van der Waals surface area contributed by atoms with Crippen molar-refractivity contribution in [2.75, 3.05) is 18.4 Å². The van der Waals surface area contributed by atoms with Crippen molar-refractivity contribution in [3.05, 3.63) is 111 Å². The quantitative estimate of drug-likeness (QED) is 0.168. The van der Waals surface area contributed by atoms with Gasteiger partial charge in [-0.25, -0.2) is 0 Å². The van der Waals surface area contributed by atoms with Gasteiger partial charge in [0, 0.05) is 47.8 Å². The summed E-state index contributed by atoms with van der Waals surface area (Å²) in [6, 6.07) is 23.2. The van der Waals surface area contributed by atoms with Crippen LogP contribution < -0.4 is 15.4 Å². The number of piperidine rings is 2. The van der Waals surface area contributed by atoms with Gasteiger partial charge in [-0.1, -0.05) is 48.0 Å². The van der Waals surface area contributed by atoms with Crippen molar-refractivity contribution in [3.8, 4) is 5.75 Å². The first-order valence-corrected chi connectivity index (χ1v) is 19.0. The summed E-state index contributed by atoms with van der Waals surface area (Å²) < 4.78 is 6.14. The molecule has 3 atom stereocenters. The number of ether oxygens (including phenoxy) is 1. The average molecular weight is 735 g/mol. The first-order chi connectivity index (χ1) is 25.7. The predicted octanol–water partition coefficient (Wildman–Crippen LogP) is 6.10. The zero-order valence-corrected chi connectivity index (χ0v) is 30.2. The third kappa shape index (κ3) is 8.01. The number of halogens is 1. The molecule has 3 N–H and O–H groups in total. The molecule has 11 nitrogen and oxygen atoms in total. The van der Waals surface area contributed by atoms with Gasteiger partial charge in [0.1, 0.15) is 11.8 Å². The Balaban J connectivity index is 0.775. The van der Waals surface area contributed by atoms with Gasteiger partial charge in [-0.15, -0.1) is 0 Å². The van der Waals surface area contributed by atoms with Crippen LogP contribution in [0.15, 0.2) is 72.8 Å². The highest BCUT2D eigenvalue weighted by Crippen LogP contribution is 2.37. The molecule has 0 spiro atoms. The number of hydrogen-bond acceptors (Lipinski definition) is 7. The Hall–Kier alpha value is -5.00. The van der Waals surface area contributed by atoms with Crippen LogP contribution in [0.25, 0.3) is 0 Å². The molecule has 274 valence electrons. The molecule has 0 radical (unpaired) electrons. The number of carbonyl (C=O) groups is 4. The molecule has 53 heavy (non-hydrogen) atoms. The molecule has 3 aliphatic heterocycles. The predicted molar refractivity (Wildman–Crippen MR) is 200 cm³/mol. The number of anilines is 1. The van der Waals surface area contributed by atoms with Crippen LogP contribution in [0.5, 0.6) is 5.75 Å². The minimum absolute atomic E-state index is 0.104. The number of hydrogen-bond donors (Lipinski definition) is 3. The molecule has 1 saturated carbocycles. The lowest BCUT2D eigenvalue weighted by atomic mass is 9.87. The largest absolute Gasteiger partial charge is 0.490 e. The second-order valence-electron chi connectivity index (χ2n) is 14.8. The Bertz CT molecular complexity index is 2010. The molecule has 3 fully saturated rings. The number of aromatic nitrogens is 2. The summed E-state index contributed by atoms with van der Waals surface area (Å²) in [5.41, 5.74) is 6.03. The van der Waals surface area contributed by atoms with Crippen molar-refractivity contribution >= 4 is 41.0 Å². The fraction of sp³-hybridized carbons (Fsp3) is 0.390. The van der Waals surface area contributed by atoms with E-state index in [-0.39, 0.29) is 42.6 Å². The number of imide groups is 1. The Kier molecular flexibility index (Phi) is 10.0. The number of likely N-dealkylation sites (tertiary alicyclic amines) is 1. The van der Waals surface area contributed by atoms with Crippen molar-refractivity contribution in [3.63, 3.8) is 0 Å². The maximum absolute atomic E-state index is 13.1. The molecule has 3 aromatic carbocycles. The Labute approximate surface area is 313 Å². The second-order valence-corrected chi connectivity index (χ2v) is 15.3. The van der Waals surface area contributed by atoms with E-state index < -0.39 is 6.04 Å². The molecular weight excluding hydrogens is 692 g/mol. The zero-order valence-electron chi connectivity index (χ0n) is 29.5. The summed E-state index contributed by atoms with van der Waals surface area (Å²) in [5, 5.41) is 13.5. The number of nitrogens with zero attached hydrogens (tertiary/aromatic N) is 3. The first kappa shape index (κ1) is 35.1. The minimum atomic E-state index is -0.597. The highest BCUT2D eigenvalue weighted by atomic mass is 35.5. The summed E-state index contributed by atoms with van der Waals surface area (Å²) in [6.45, 7) is 3.19. The van der Waals surface area contributed by atoms with Gasteiger partial charge in [0.05, 0.1) is 12.5 Å². The Morgan fingerprint density at radius 2 is 1.66 bits per heavy atom. The molecular formula is C41H43ClN6O5. The normalized spacial score (nSPS) is 22.2. The standard InChI is InChI=1S/C41H43ClN6O5/c42-31-7-10-32(11-8-31)53-33-9-5-29(21-33)35-22-37(46-45-35)43-39(50)19-25-1-3-26(4-2-25)23-47-17-15-27(16-18-47)28-6-12-34-30(20-28)24-48(41(34)52)36-13-14-38(49)44-40(36)51/h1-4,6-8,10-12,20,22,27,29,33,36H,5,9,13-19,21,23-24H2,(H,44,49,51)(H2,43,45,46,50)/t29-,33+,36?/m0/s1. The van der Waals surface area contributed by atoms with Crippen LogP contribution in [-0.2, 0) is 33.9 Å². The molecule has 8 rings (SSSR count). The van der Waals surface area contributed by atoms with Crippen LogP contribution in [0.1, 0.15) is 95.1 Å². The van der Waals surface area contributed by atoms with Gasteiger partial charge in [-0.05, 0) is 110 Å². The molecule has 1 aromatic heterocycles. The van der Waals surface area contributed by atoms with Crippen LogP contribution in [0.4, 0.5) is 5.82 Å². The van der Waals surface area contributed by atoms with Gasteiger partial charge >= 0.3 is 0 Å². The first-order valence-electron chi connectivity index (χ1n) is 18.6. The second kappa shape index (κ2) is 15.2. The van der Waals surface area contributed by atoms with E-state index in [0.717, 1.165) is 74.3 Å². The van der Waals surface area contributed by atoms with E-state index in [1.807, 2.05) is 48.5 Å². The summed E-state index contributed by atoms with van der Waals surface area (Å²) in [7, 11) is 0. The van der Waals surface area contributed by atoms with Crippen molar-refractivity contribution in [1.29, 1.82) is 0 Å².